The van der Waals surface area contributed by atoms with Gasteiger partial charge in [0.25, 0.3) is 0 Å². The van der Waals surface area contributed by atoms with Crippen LogP contribution >= 0.6 is 11.8 Å². The number of carbonyl (C=O) groups excluding carboxylic acids is 1. The van der Waals surface area contributed by atoms with Crippen LogP contribution in [0.2, 0.25) is 0 Å². The molecule has 4 nitrogen and oxygen atoms in total. The van der Waals surface area contributed by atoms with Crippen molar-refractivity contribution in [1.82, 2.24) is 0 Å². The molecule has 0 fully saturated rings. The Labute approximate surface area is 105 Å². The largest absolute Gasteiger partial charge is 0.493 e. The van der Waals surface area contributed by atoms with Gasteiger partial charge in [-0.25, -0.2) is 0 Å². The number of rotatable bonds is 3. The average molecular weight is 253 g/mol. The molecule has 0 saturated carbocycles. The number of fused-ring (bicyclic) bond motifs is 1. The summed E-state index contributed by atoms with van der Waals surface area (Å²) < 4.78 is 10.5. The van der Waals surface area contributed by atoms with Crippen molar-refractivity contribution >= 4 is 23.4 Å². The fourth-order valence-corrected chi connectivity index (χ4v) is 2.80. The summed E-state index contributed by atoms with van der Waals surface area (Å²) >= 11 is 1.57. The van der Waals surface area contributed by atoms with Crippen LogP contribution in [-0.2, 0) is 4.79 Å². The molecule has 1 N–H and O–H groups in total. The summed E-state index contributed by atoms with van der Waals surface area (Å²) in [6.45, 7) is 2.00. The molecule has 1 heterocycles. The molecule has 1 atom stereocenters. The van der Waals surface area contributed by atoms with Crippen LogP contribution in [-0.4, -0.2) is 25.4 Å². The van der Waals surface area contributed by atoms with E-state index in [1.165, 1.54) is 0 Å². The molecule has 1 aliphatic heterocycles. The van der Waals surface area contributed by atoms with Gasteiger partial charge in [0, 0.05) is 11.0 Å². The van der Waals surface area contributed by atoms with E-state index in [1.807, 2.05) is 13.0 Å². The quantitative estimate of drug-likeness (QED) is 0.899. The first-order valence-corrected chi connectivity index (χ1v) is 6.31. The molecule has 1 unspecified atom stereocenters. The van der Waals surface area contributed by atoms with Crippen molar-refractivity contribution < 1.29 is 14.3 Å². The van der Waals surface area contributed by atoms with Crippen LogP contribution in [0, 0.1) is 0 Å². The fraction of sp³-hybridized carbons (Fsp3) is 0.417. The van der Waals surface area contributed by atoms with E-state index in [4.69, 9.17) is 9.47 Å². The van der Waals surface area contributed by atoms with Gasteiger partial charge >= 0.3 is 0 Å². The Bertz CT molecular complexity index is 448. The van der Waals surface area contributed by atoms with Crippen LogP contribution in [0.4, 0.5) is 5.69 Å². The highest BCUT2D eigenvalue weighted by Crippen LogP contribution is 2.43. The maximum Gasteiger partial charge on any atom is 0.237 e. The van der Waals surface area contributed by atoms with Gasteiger partial charge < -0.3 is 14.8 Å². The highest BCUT2D eigenvalue weighted by Gasteiger charge is 2.26. The molecule has 1 aliphatic rings. The van der Waals surface area contributed by atoms with E-state index < -0.39 is 0 Å². The van der Waals surface area contributed by atoms with Crippen molar-refractivity contribution in [2.24, 2.45) is 0 Å². The number of thioether (sulfide) groups is 1. The Morgan fingerprint density at radius 3 is 2.53 bits per heavy atom. The Hall–Kier alpha value is -1.36. The summed E-state index contributed by atoms with van der Waals surface area (Å²) in [5.74, 6) is 1.36. The summed E-state index contributed by atoms with van der Waals surface area (Å²) in [5, 5.41) is 2.86. The number of methoxy groups -OCH3 is 2. The lowest BCUT2D eigenvalue weighted by Gasteiger charge is -2.24. The van der Waals surface area contributed by atoms with Gasteiger partial charge in [-0.05, 0) is 12.5 Å². The highest BCUT2D eigenvalue weighted by atomic mass is 32.2. The molecule has 1 aromatic rings. The first kappa shape index (κ1) is 12.1. The number of amides is 1. The second-order valence-electron chi connectivity index (χ2n) is 3.71. The van der Waals surface area contributed by atoms with E-state index in [2.05, 4.69) is 5.32 Å². The molecule has 0 saturated heterocycles. The lowest BCUT2D eigenvalue weighted by Crippen LogP contribution is -2.28. The zero-order valence-electron chi connectivity index (χ0n) is 10.1. The van der Waals surface area contributed by atoms with E-state index >= 15 is 0 Å². The van der Waals surface area contributed by atoms with Crippen molar-refractivity contribution in [2.45, 2.75) is 23.5 Å². The maximum absolute atomic E-state index is 11.7. The molecule has 1 aromatic carbocycles. The number of anilines is 1. The van der Waals surface area contributed by atoms with Gasteiger partial charge in [-0.15, -0.1) is 11.8 Å². The van der Waals surface area contributed by atoms with Gasteiger partial charge in [-0.1, -0.05) is 6.92 Å². The van der Waals surface area contributed by atoms with Crippen molar-refractivity contribution in [3.8, 4) is 11.5 Å². The van der Waals surface area contributed by atoms with E-state index in [9.17, 15) is 4.79 Å². The van der Waals surface area contributed by atoms with Crippen molar-refractivity contribution in [3.05, 3.63) is 12.1 Å². The minimum Gasteiger partial charge on any atom is -0.493 e. The standard InChI is InChI=1S/C12H15NO3S/c1-4-10-12(14)13-7-5-8(15-2)9(16-3)6-11(7)17-10/h5-6,10H,4H2,1-3H3,(H,13,14). The van der Waals surface area contributed by atoms with Gasteiger partial charge in [-0.2, -0.15) is 0 Å². The SMILES string of the molecule is CCC1Sc2cc(OC)c(OC)cc2NC1=O. The predicted molar refractivity (Wildman–Crippen MR) is 68.1 cm³/mol. The maximum atomic E-state index is 11.7. The number of nitrogens with one attached hydrogen (secondary N) is 1. The molecule has 0 bridgehead atoms. The minimum atomic E-state index is -0.0272. The second kappa shape index (κ2) is 4.87. The zero-order valence-corrected chi connectivity index (χ0v) is 10.9. The van der Waals surface area contributed by atoms with Crippen LogP contribution in [0.5, 0.6) is 11.5 Å². The summed E-state index contributed by atoms with van der Waals surface area (Å²) in [5.41, 5.74) is 0.794. The average Bonchev–Trinajstić information content (AvgIpc) is 2.36. The monoisotopic (exact) mass is 253 g/mol. The Morgan fingerprint density at radius 1 is 1.29 bits per heavy atom. The van der Waals surface area contributed by atoms with Crippen LogP contribution < -0.4 is 14.8 Å². The second-order valence-corrected chi connectivity index (χ2v) is 4.95. The number of hydrogen-bond acceptors (Lipinski definition) is 4. The van der Waals surface area contributed by atoms with Crippen LogP contribution in [0.15, 0.2) is 17.0 Å². The third-order valence-corrected chi connectivity index (χ3v) is 4.10. The van der Waals surface area contributed by atoms with E-state index in [-0.39, 0.29) is 11.2 Å². The van der Waals surface area contributed by atoms with E-state index in [1.54, 1.807) is 32.0 Å². The van der Waals surface area contributed by atoms with Crippen molar-refractivity contribution in [2.75, 3.05) is 19.5 Å². The summed E-state index contributed by atoms with van der Waals surface area (Å²) in [6.07, 6.45) is 0.810. The van der Waals surface area contributed by atoms with Crippen molar-refractivity contribution in [3.63, 3.8) is 0 Å². The van der Waals surface area contributed by atoms with Gasteiger partial charge in [0.1, 0.15) is 0 Å². The third kappa shape index (κ3) is 2.20. The molecule has 0 radical (unpaired) electrons. The van der Waals surface area contributed by atoms with Gasteiger partial charge in [-0.3, -0.25) is 4.79 Å². The van der Waals surface area contributed by atoms with Crippen LogP contribution in [0.1, 0.15) is 13.3 Å². The topological polar surface area (TPSA) is 47.6 Å². The van der Waals surface area contributed by atoms with Gasteiger partial charge in [0.05, 0.1) is 25.2 Å². The molecular weight excluding hydrogens is 238 g/mol. The summed E-state index contributed by atoms with van der Waals surface area (Å²) in [4.78, 5) is 12.8. The van der Waals surface area contributed by atoms with E-state index in [0.717, 1.165) is 17.0 Å². The molecule has 17 heavy (non-hydrogen) atoms. The van der Waals surface area contributed by atoms with Gasteiger partial charge in [0.15, 0.2) is 11.5 Å². The normalized spacial score (nSPS) is 18.3. The predicted octanol–water partition coefficient (Wildman–Crippen LogP) is 2.53. The molecular formula is C12H15NO3S. The van der Waals surface area contributed by atoms with Crippen LogP contribution in [0.3, 0.4) is 0 Å². The lowest BCUT2D eigenvalue weighted by molar-refractivity contribution is -0.115. The number of hydrogen-bond donors (Lipinski definition) is 1. The van der Waals surface area contributed by atoms with E-state index in [0.29, 0.717) is 11.5 Å². The van der Waals surface area contributed by atoms with Crippen LogP contribution in [0.25, 0.3) is 0 Å². The minimum absolute atomic E-state index is 0.0272. The summed E-state index contributed by atoms with van der Waals surface area (Å²) in [7, 11) is 3.19. The Balaban J connectivity index is 2.41. The smallest absolute Gasteiger partial charge is 0.237 e. The fourth-order valence-electron chi connectivity index (χ4n) is 1.74. The lowest BCUT2D eigenvalue weighted by atomic mass is 10.2. The molecule has 5 heteroatoms. The molecule has 2 rings (SSSR count). The molecule has 1 amide bonds. The molecule has 92 valence electrons. The Morgan fingerprint density at radius 2 is 1.94 bits per heavy atom. The zero-order chi connectivity index (χ0) is 12.4. The van der Waals surface area contributed by atoms with Crippen molar-refractivity contribution in [1.29, 1.82) is 0 Å². The summed E-state index contributed by atoms with van der Waals surface area (Å²) in [6, 6.07) is 3.70. The van der Waals surface area contributed by atoms with Gasteiger partial charge in [0.2, 0.25) is 5.91 Å². The molecule has 0 aliphatic carbocycles. The molecule has 0 aromatic heterocycles. The number of benzene rings is 1. The first-order valence-electron chi connectivity index (χ1n) is 5.43. The highest BCUT2D eigenvalue weighted by molar-refractivity contribution is 8.01. The third-order valence-electron chi connectivity index (χ3n) is 2.68. The molecule has 0 spiro atoms. The number of carbonyl (C=O) groups is 1. The first-order chi connectivity index (χ1) is 8.19. The Kier molecular flexibility index (Phi) is 3.47. The number of ether oxygens (including phenoxy) is 2.